The Morgan fingerprint density at radius 1 is 1.44 bits per heavy atom. The fourth-order valence-corrected chi connectivity index (χ4v) is 3.38. The number of hydrogen-bond acceptors (Lipinski definition) is 3. The second kappa shape index (κ2) is 4.41. The molecule has 2 rings (SSSR count). The molecular formula is C14H26N2O2. The third-order valence-electron chi connectivity index (χ3n) is 4.32. The Bertz CT molecular complexity index is 337. The molecule has 1 saturated heterocycles. The molecule has 2 aliphatic rings. The van der Waals surface area contributed by atoms with Gasteiger partial charge in [0.1, 0.15) is 5.60 Å². The van der Waals surface area contributed by atoms with E-state index in [0.717, 1.165) is 19.5 Å². The first-order valence-corrected chi connectivity index (χ1v) is 6.89. The highest BCUT2D eigenvalue weighted by Crippen LogP contribution is 2.48. The minimum Gasteiger partial charge on any atom is -0.444 e. The van der Waals surface area contributed by atoms with Gasteiger partial charge >= 0.3 is 6.09 Å². The van der Waals surface area contributed by atoms with Crippen LogP contribution in [0.25, 0.3) is 0 Å². The lowest BCUT2D eigenvalue weighted by Gasteiger charge is -2.27. The van der Waals surface area contributed by atoms with Crippen LogP contribution in [0.15, 0.2) is 0 Å². The van der Waals surface area contributed by atoms with E-state index in [0.29, 0.717) is 12.0 Å². The van der Waals surface area contributed by atoms with E-state index in [2.05, 4.69) is 12.2 Å². The topological polar surface area (TPSA) is 41.6 Å². The van der Waals surface area contributed by atoms with Crippen molar-refractivity contribution in [3.8, 4) is 0 Å². The van der Waals surface area contributed by atoms with Crippen molar-refractivity contribution in [3.05, 3.63) is 0 Å². The number of amides is 1. The maximum atomic E-state index is 12.1. The molecule has 1 N–H and O–H groups in total. The van der Waals surface area contributed by atoms with Crippen LogP contribution in [0, 0.1) is 11.3 Å². The van der Waals surface area contributed by atoms with E-state index in [1.54, 1.807) is 0 Å². The highest BCUT2D eigenvalue weighted by molar-refractivity contribution is 5.68. The van der Waals surface area contributed by atoms with Gasteiger partial charge < -0.3 is 15.0 Å². The molecule has 4 nitrogen and oxygen atoms in total. The number of nitrogens with zero attached hydrogens (tertiary/aromatic N) is 1. The Balaban J connectivity index is 1.96. The van der Waals surface area contributed by atoms with Crippen molar-refractivity contribution in [1.82, 2.24) is 10.2 Å². The second-order valence-corrected chi connectivity index (χ2v) is 7.14. The SMILES string of the molecule is CN[C@@H]1C[C@@H]2CN(C(=O)OC(C)(C)C)C[C@]2(C)C1. The van der Waals surface area contributed by atoms with Gasteiger partial charge in [-0.05, 0) is 52.0 Å². The van der Waals surface area contributed by atoms with Crippen LogP contribution in [0.1, 0.15) is 40.5 Å². The summed E-state index contributed by atoms with van der Waals surface area (Å²) in [5.41, 5.74) is -0.131. The summed E-state index contributed by atoms with van der Waals surface area (Å²) < 4.78 is 5.46. The Morgan fingerprint density at radius 3 is 2.61 bits per heavy atom. The number of carbonyl (C=O) groups is 1. The molecule has 1 aliphatic carbocycles. The average Bonchev–Trinajstić information content (AvgIpc) is 2.66. The van der Waals surface area contributed by atoms with E-state index in [-0.39, 0.29) is 11.5 Å². The minimum absolute atomic E-state index is 0.154. The summed E-state index contributed by atoms with van der Waals surface area (Å²) in [6.07, 6.45) is 2.18. The highest BCUT2D eigenvalue weighted by atomic mass is 16.6. The molecule has 1 aliphatic heterocycles. The Labute approximate surface area is 110 Å². The number of nitrogens with one attached hydrogen (secondary N) is 1. The molecule has 0 unspecified atom stereocenters. The van der Waals surface area contributed by atoms with E-state index in [9.17, 15) is 4.79 Å². The van der Waals surface area contributed by atoms with Gasteiger partial charge in [-0.25, -0.2) is 4.79 Å². The quantitative estimate of drug-likeness (QED) is 0.780. The van der Waals surface area contributed by atoms with Crippen LogP contribution in [0.5, 0.6) is 0 Å². The monoisotopic (exact) mass is 254 g/mol. The van der Waals surface area contributed by atoms with Crippen molar-refractivity contribution >= 4 is 6.09 Å². The fourth-order valence-electron chi connectivity index (χ4n) is 3.38. The molecule has 0 aromatic heterocycles. The summed E-state index contributed by atoms with van der Waals surface area (Å²) in [5, 5.41) is 3.37. The number of carbonyl (C=O) groups excluding carboxylic acids is 1. The summed E-state index contributed by atoms with van der Waals surface area (Å²) in [6, 6.07) is 0.612. The molecule has 18 heavy (non-hydrogen) atoms. The zero-order chi connectivity index (χ0) is 13.6. The van der Waals surface area contributed by atoms with Gasteiger partial charge in [0.25, 0.3) is 0 Å². The van der Waals surface area contributed by atoms with Crippen LogP contribution >= 0.6 is 0 Å². The van der Waals surface area contributed by atoms with E-state index < -0.39 is 5.60 Å². The van der Waals surface area contributed by atoms with Crippen molar-refractivity contribution in [3.63, 3.8) is 0 Å². The van der Waals surface area contributed by atoms with E-state index in [1.165, 1.54) is 6.42 Å². The molecule has 0 spiro atoms. The lowest BCUT2D eigenvalue weighted by molar-refractivity contribution is 0.0268. The van der Waals surface area contributed by atoms with Gasteiger partial charge in [0.2, 0.25) is 0 Å². The number of likely N-dealkylation sites (tertiary alicyclic amines) is 1. The molecule has 3 atom stereocenters. The third kappa shape index (κ3) is 2.63. The maximum absolute atomic E-state index is 12.1. The number of rotatable bonds is 1. The van der Waals surface area contributed by atoms with E-state index >= 15 is 0 Å². The molecule has 4 heteroatoms. The number of fused-ring (bicyclic) bond motifs is 1. The Kier molecular flexibility index (Phi) is 3.34. The molecule has 0 radical (unpaired) electrons. The summed E-state index contributed by atoms with van der Waals surface area (Å²) in [5.74, 6) is 0.613. The largest absolute Gasteiger partial charge is 0.444 e. The minimum atomic E-state index is -0.400. The van der Waals surface area contributed by atoms with Crippen LogP contribution in [-0.4, -0.2) is 42.8 Å². The molecular weight excluding hydrogens is 228 g/mol. The first kappa shape index (κ1) is 13.7. The second-order valence-electron chi connectivity index (χ2n) is 7.14. The van der Waals surface area contributed by atoms with Gasteiger partial charge in [0.15, 0.2) is 0 Å². The van der Waals surface area contributed by atoms with Gasteiger partial charge in [-0.1, -0.05) is 6.92 Å². The van der Waals surface area contributed by atoms with E-state index in [1.807, 2.05) is 32.7 Å². The third-order valence-corrected chi connectivity index (χ3v) is 4.32. The molecule has 1 saturated carbocycles. The van der Waals surface area contributed by atoms with Gasteiger partial charge in [0.05, 0.1) is 0 Å². The van der Waals surface area contributed by atoms with Crippen LogP contribution in [-0.2, 0) is 4.74 Å². The lowest BCUT2D eigenvalue weighted by Crippen LogP contribution is -2.37. The number of hydrogen-bond donors (Lipinski definition) is 1. The zero-order valence-corrected chi connectivity index (χ0v) is 12.2. The first-order valence-electron chi connectivity index (χ1n) is 6.89. The summed E-state index contributed by atoms with van der Waals surface area (Å²) in [7, 11) is 2.03. The van der Waals surface area contributed by atoms with Crippen molar-refractivity contribution in [2.45, 2.75) is 52.2 Å². The summed E-state index contributed by atoms with van der Waals surface area (Å²) >= 11 is 0. The predicted molar refractivity (Wildman–Crippen MR) is 71.5 cm³/mol. The van der Waals surface area contributed by atoms with Gasteiger partial charge in [-0.2, -0.15) is 0 Å². The Hall–Kier alpha value is -0.770. The van der Waals surface area contributed by atoms with Crippen molar-refractivity contribution in [1.29, 1.82) is 0 Å². The van der Waals surface area contributed by atoms with E-state index in [4.69, 9.17) is 4.74 Å². The normalized spacial score (nSPS) is 35.7. The smallest absolute Gasteiger partial charge is 0.410 e. The fraction of sp³-hybridized carbons (Fsp3) is 0.929. The lowest BCUT2D eigenvalue weighted by atomic mass is 9.83. The molecule has 1 heterocycles. The van der Waals surface area contributed by atoms with Crippen LogP contribution in [0.2, 0.25) is 0 Å². The maximum Gasteiger partial charge on any atom is 0.410 e. The number of ether oxygens (including phenoxy) is 1. The van der Waals surface area contributed by atoms with Crippen molar-refractivity contribution in [2.75, 3.05) is 20.1 Å². The standard InChI is InChI=1S/C14H26N2O2/c1-13(2,3)18-12(17)16-8-10-6-11(15-5)7-14(10,4)9-16/h10-11,15H,6-9H2,1-5H3/t10-,11-,14+/m1/s1. The molecule has 2 fully saturated rings. The molecule has 1 amide bonds. The first-order chi connectivity index (χ1) is 8.23. The van der Waals surface area contributed by atoms with Crippen molar-refractivity contribution < 1.29 is 9.53 Å². The predicted octanol–water partition coefficient (Wildman–Crippen LogP) is 2.24. The van der Waals surface area contributed by atoms with Gasteiger partial charge in [-0.3, -0.25) is 0 Å². The molecule has 0 aromatic rings. The summed E-state index contributed by atoms with van der Waals surface area (Å²) in [4.78, 5) is 14.0. The van der Waals surface area contributed by atoms with Crippen LogP contribution < -0.4 is 5.32 Å². The zero-order valence-electron chi connectivity index (χ0n) is 12.2. The van der Waals surface area contributed by atoms with Gasteiger partial charge in [-0.15, -0.1) is 0 Å². The van der Waals surface area contributed by atoms with Crippen LogP contribution in [0.4, 0.5) is 4.79 Å². The highest BCUT2D eigenvalue weighted by Gasteiger charge is 2.51. The molecule has 0 bridgehead atoms. The van der Waals surface area contributed by atoms with Gasteiger partial charge in [0, 0.05) is 19.1 Å². The molecule has 104 valence electrons. The van der Waals surface area contributed by atoms with Crippen LogP contribution in [0.3, 0.4) is 0 Å². The van der Waals surface area contributed by atoms with Crippen molar-refractivity contribution in [2.24, 2.45) is 11.3 Å². The summed E-state index contributed by atoms with van der Waals surface area (Å²) in [6.45, 7) is 9.75. The Morgan fingerprint density at radius 2 is 2.11 bits per heavy atom. The molecule has 0 aromatic carbocycles. The average molecular weight is 254 g/mol.